The van der Waals surface area contributed by atoms with Crippen molar-refractivity contribution in [1.82, 2.24) is 5.32 Å². The lowest BCUT2D eigenvalue weighted by molar-refractivity contribution is 0.262. The van der Waals surface area contributed by atoms with Gasteiger partial charge in [-0.3, -0.25) is 0 Å². The van der Waals surface area contributed by atoms with Crippen molar-refractivity contribution in [3.05, 3.63) is 60.2 Å². The third-order valence-corrected chi connectivity index (χ3v) is 3.94. The molecule has 22 heavy (non-hydrogen) atoms. The molecular weight excluding hydrogens is 274 g/mol. The molecule has 0 saturated carbocycles. The fourth-order valence-electron chi connectivity index (χ4n) is 2.82. The molecule has 1 atom stereocenters. The molecule has 0 radical (unpaired) electrons. The number of para-hydroxylation sites is 1. The van der Waals surface area contributed by atoms with Gasteiger partial charge in [-0.1, -0.05) is 30.3 Å². The average molecular weight is 295 g/mol. The number of rotatable bonds is 3. The molecule has 2 aromatic carbocycles. The summed E-state index contributed by atoms with van der Waals surface area (Å²) in [5.74, 6) is 0.535. The molecular formula is C18H21N3O. The van der Waals surface area contributed by atoms with Crippen LogP contribution < -0.4 is 16.0 Å². The van der Waals surface area contributed by atoms with Crippen LogP contribution in [0.25, 0.3) is 0 Å². The Labute approximate surface area is 130 Å². The fourth-order valence-corrected chi connectivity index (χ4v) is 2.82. The molecule has 1 aliphatic heterocycles. The highest BCUT2D eigenvalue weighted by molar-refractivity contribution is 5.99. The summed E-state index contributed by atoms with van der Waals surface area (Å²) in [6.45, 7) is 2.12. The molecule has 1 aliphatic rings. The van der Waals surface area contributed by atoms with Crippen LogP contribution in [0.5, 0.6) is 0 Å². The van der Waals surface area contributed by atoms with Gasteiger partial charge >= 0.3 is 6.03 Å². The van der Waals surface area contributed by atoms with E-state index in [0.29, 0.717) is 5.92 Å². The molecule has 4 nitrogen and oxygen atoms in total. The van der Waals surface area contributed by atoms with E-state index in [2.05, 4.69) is 28.1 Å². The highest BCUT2D eigenvalue weighted by atomic mass is 16.2. The van der Waals surface area contributed by atoms with E-state index < -0.39 is 0 Å². The van der Waals surface area contributed by atoms with E-state index in [1.807, 2.05) is 42.5 Å². The zero-order chi connectivity index (χ0) is 15.2. The van der Waals surface area contributed by atoms with E-state index in [9.17, 15) is 4.79 Å². The van der Waals surface area contributed by atoms with Gasteiger partial charge in [-0.2, -0.15) is 0 Å². The van der Waals surface area contributed by atoms with Crippen LogP contribution in [0.4, 0.5) is 16.2 Å². The Kier molecular flexibility index (Phi) is 4.71. The summed E-state index contributed by atoms with van der Waals surface area (Å²) >= 11 is 0. The van der Waals surface area contributed by atoms with Crippen molar-refractivity contribution < 1.29 is 4.79 Å². The van der Waals surface area contributed by atoms with Gasteiger partial charge in [-0.15, -0.1) is 0 Å². The lowest BCUT2D eigenvalue weighted by Crippen LogP contribution is -2.28. The minimum Gasteiger partial charge on any atom is -0.316 e. The van der Waals surface area contributed by atoms with Crippen LogP contribution in [-0.4, -0.2) is 19.1 Å². The molecule has 1 heterocycles. The molecule has 0 aliphatic carbocycles. The molecule has 0 aromatic heterocycles. The van der Waals surface area contributed by atoms with Gasteiger partial charge in [0.2, 0.25) is 0 Å². The molecule has 114 valence electrons. The number of hydrogen-bond acceptors (Lipinski definition) is 2. The van der Waals surface area contributed by atoms with E-state index in [0.717, 1.165) is 24.5 Å². The number of hydrogen-bond donors (Lipinski definition) is 3. The third kappa shape index (κ3) is 3.86. The van der Waals surface area contributed by atoms with Gasteiger partial charge in [-0.05, 0) is 55.1 Å². The van der Waals surface area contributed by atoms with Crippen LogP contribution in [0.1, 0.15) is 24.3 Å². The molecule has 2 amide bonds. The lowest BCUT2D eigenvalue weighted by Gasteiger charge is -2.23. The molecule has 4 heteroatoms. The van der Waals surface area contributed by atoms with E-state index in [4.69, 9.17) is 0 Å². The first kappa shape index (κ1) is 14.6. The summed E-state index contributed by atoms with van der Waals surface area (Å²) in [5, 5.41) is 9.15. The SMILES string of the molecule is O=C(Nc1ccccc1)Nc1cccc([C@H]2CCCNC2)c1. The van der Waals surface area contributed by atoms with Gasteiger partial charge in [-0.25, -0.2) is 4.79 Å². The monoisotopic (exact) mass is 295 g/mol. The molecule has 1 fully saturated rings. The summed E-state index contributed by atoms with van der Waals surface area (Å²) in [7, 11) is 0. The van der Waals surface area contributed by atoms with Crippen LogP contribution in [-0.2, 0) is 0 Å². The van der Waals surface area contributed by atoms with Gasteiger partial charge in [0.05, 0.1) is 0 Å². The minimum absolute atomic E-state index is 0.217. The molecule has 0 bridgehead atoms. The number of piperidine rings is 1. The summed E-state index contributed by atoms with van der Waals surface area (Å²) in [6, 6.07) is 17.4. The van der Waals surface area contributed by atoms with Gasteiger partial charge < -0.3 is 16.0 Å². The Bertz CT molecular complexity index is 621. The Morgan fingerprint density at radius 2 is 1.77 bits per heavy atom. The molecule has 2 aromatic rings. The normalized spacial score (nSPS) is 17.7. The zero-order valence-electron chi connectivity index (χ0n) is 12.5. The molecule has 0 spiro atoms. The van der Waals surface area contributed by atoms with Crippen LogP contribution >= 0.6 is 0 Å². The Balaban J connectivity index is 1.63. The zero-order valence-corrected chi connectivity index (χ0v) is 12.5. The van der Waals surface area contributed by atoms with Crippen LogP contribution in [0.15, 0.2) is 54.6 Å². The molecule has 1 saturated heterocycles. The second-order valence-corrected chi connectivity index (χ2v) is 5.61. The summed E-state index contributed by atoms with van der Waals surface area (Å²) in [5.41, 5.74) is 2.90. The van der Waals surface area contributed by atoms with Crippen molar-refractivity contribution in [1.29, 1.82) is 0 Å². The first-order chi connectivity index (χ1) is 10.8. The molecule has 3 N–H and O–H groups in total. The van der Waals surface area contributed by atoms with Gasteiger partial charge in [0.25, 0.3) is 0 Å². The van der Waals surface area contributed by atoms with Crippen molar-refractivity contribution in [3.63, 3.8) is 0 Å². The van der Waals surface area contributed by atoms with Crippen molar-refractivity contribution in [2.75, 3.05) is 23.7 Å². The predicted octanol–water partition coefficient (Wildman–Crippen LogP) is 3.80. The standard InChI is InChI=1S/C18H21N3O/c22-18(20-16-8-2-1-3-9-16)21-17-10-4-6-14(12-17)15-7-5-11-19-13-15/h1-4,6,8-10,12,15,19H,5,7,11,13H2,(H2,20,21,22)/t15-/m0/s1. The van der Waals surface area contributed by atoms with Gasteiger partial charge in [0, 0.05) is 17.9 Å². The third-order valence-electron chi connectivity index (χ3n) is 3.94. The van der Waals surface area contributed by atoms with Crippen molar-refractivity contribution in [2.45, 2.75) is 18.8 Å². The maximum Gasteiger partial charge on any atom is 0.323 e. The lowest BCUT2D eigenvalue weighted by atomic mass is 9.91. The van der Waals surface area contributed by atoms with E-state index in [1.54, 1.807) is 0 Å². The number of benzene rings is 2. The number of anilines is 2. The Morgan fingerprint density at radius 3 is 2.55 bits per heavy atom. The summed E-state index contributed by atoms with van der Waals surface area (Å²) in [4.78, 5) is 12.0. The highest BCUT2D eigenvalue weighted by Crippen LogP contribution is 2.25. The van der Waals surface area contributed by atoms with E-state index >= 15 is 0 Å². The number of carbonyl (C=O) groups is 1. The van der Waals surface area contributed by atoms with Crippen LogP contribution in [0.2, 0.25) is 0 Å². The van der Waals surface area contributed by atoms with Crippen molar-refractivity contribution >= 4 is 17.4 Å². The Hall–Kier alpha value is -2.33. The number of nitrogens with one attached hydrogen (secondary N) is 3. The van der Waals surface area contributed by atoms with E-state index in [-0.39, 0.29) is 6.03 Å². The second kappa shape index (κ2) is 7.09. The minimum atomic E-state index is -0.217. The van der Waals surface area contributed by atoms with Gasteiger partial charge in [0.1, 0.15) is 0 Å². The second-order valence-electron chi connectivity index (χ2n) is 5.61. The van der Waals surface area contributed by atoms with Crippen LogP contribution in [0, 0.1) is 0 Å². The quantitative estimate of drug-likeness (QED) is 0.806. The topological polar surface area (TPSA) is 53.2 Å². The van der Waals surface area contributed by atoms with Crippen LogP contribution in [0.3, 0.4) is 0 Å². The van der Waals surface area contributed by atoms with Crippen molar-refractivity contribution in [2.24, 2.45) is 0 Å². The predicted molar refractivity (Wildman–Crippen MR) is 90.4 cm³/mol. The van der Waals surface area contributed by atoms with Gasteiger partial charge in [0.15, 0.2) is 0 Å². The average Bonchev–Trinajstić information content (AvgIpc) is 2.57. The maximum absolute atomic E-state index is 12.0. The molecule has 0 unspecified atom stereocenters. The first-order valence-electron chi connectivity index (χ1n) is 7.75. The smallest absolute Gasteiger partial charge is 0.316 e. The summed E-state index contributed by atoms with van der Waals surface area (Å²) < 4.78 is 0. The number of urea groups is 1. The Morgan fingerprint density at radius 1 is 1.00 bits per heavy atom. The number of carbonyl (C=O) groups excluding carboxylic acids is 1. The number of amides is 2. The maximum atomic E-state index is 12.0. The largest absolute Gasteiger partial charge is 0.323 e. The van der Waals surface area contributed by atoms with Crippen molar-refractivity contribution in [3.8, 4) is 0 Å². The fraction of sp³-hybridized carbons (Fsp3) is 0.278. The van der Waals surface area contributed by atoms with E-state index in [1.165, 1.54) is 18.4 Å². The highest BCUT2D eigenvalue weighted by Gasteiger charge is 2.15. The first-order valence-corrected chi connectivity index (χ1v) is 7.75. The molecule has 3 rings (SSSR count). The summed E-state index contributed by atoms with van der Waals surface area (Å²) in [6.07, 6.45) is 2.41.